The van der Waals surface area contributed by atoms with Crippen molar-refractivity contribution in [3.63, 3.8) is 0 Å². The van der Waals surface area contributed by atoms with Crippen LogP contribution in [-0.4, -0.2) is 30.0 Å². The van der Waals surface area contributed by atoms with Gasteiger partial charge in [0.25, 0.3) is 0 Å². The minimum absolute atomic E-state index is 0. The first-order valence-electron chi connectivity index (χ1n) is 13.3. The van der Waals surface area contributed by atoms with Crippen LogP contribution in [0.2, 0.25) is 0 Å². The van der Waals surface area contributed by atoms with E-state index in [9.17, 15) is 16.8 Å². The number of rotatable bonds is 26. The van der Waals surface area contributed by atoms with Crippen LogP contribution < -0.4 is 80.9 Å². The van der Waals surface area contributed by atoms with E-state index >= 15 is 0 Å². The molecule has 0 aliphatic heterocycles. The molecule has 0 rings (SSSR count). The Labute approximate surface area is 285 Å². The second-order valence-corrected chi connectivity index (χ2v) is 11.5. The van der Waals surface area contributed by atoms with Gasteiger partial charge in [0.05, 0.1) is 13.2 Å². The van der Waals surface area contributed by atoms with Gasteiger partial charge in [0.2, 0.25) is 0 Å². The van der Waals surface area contributed by atoms with Gasteiger partial charge in [-0.05, 0) is 12.8 Å². The number of unbranched alkanes of at least 4 members (excludes halogenated alkanes) is 18. The molecule has 0 aromatic rings. The largest absolute Gasteiger partial charge is 1.00 e. The summed E-state index contributed by atoms with van der Waals surface area (Å²) >= 11 is 0. The molecular formula is C24H52KNaO7S2. The Hall–Kier alpha value is 2.42. The van der Waals surface area contributed by atoms with E-state index in [1.54, 1.807) is 0 Å². The zero-order chi connectivity index (χ0) is 24.7. The van der Waals surface area contributed by atoms with E-state index in [1.165, 1.54) is 77.0 Å². The molecule has 0 unspecified atom stereocenters. The maximum Gasteiger partial charge on any atom is 1.00 e. The molecule has 0 atom stereocenters. The Bertz CT molecular complexity index is 589. The molecule has 35 heavy (non-hydrogen) atoms. The molecule has 0 fully saturated rings. The third kappa shape index (κ3) is 32.5. The van der Waals surface area contributed by atoms with E-state index in [0.717, 1.165) is 38.5 Å². The van der Waals surface area contributed by atoms with Crippen molar-refractivity contribution in [3.05, 3.63) is 0 Å². The average molecular weight is 579 g/mol. The van der Waals surface area contributed by atoms with Gasteiger partial charge in [-0.1, -0.05) is 129 Å². The molecular weight excluding hydrogens is 526 g/mol. The Morgan fingerprint density at radius 3 is 0.943 bits per heavy atom. The summed E-state index contributed by atoms with van der Waals surface area (Å²) in [4.78, 5) is 0. The monoisotopic (exact) mass is 578 g/mol. The van der Waals surface area contributed by atoms with Gasteiger partial charge < -0.3 is 2.85 Å². The van der Waals surface area contributed by atoms with E-state index < -0.39 is 20.8 Å². The third-order valence-electron chi connectivity index (χ3n) is 5.62. The van der Waals surface area contributed by atoms with Crippen LogP contribution in [0, 0.1) is 0 Å². The van der Waals surface area contributed by atoms with Gasteiger partial charge in [0, 0.05) is 0 Å². The van der Waals surface area contributed by atoms with Crippen molar-refractivity contribution in [2.75, 3.05) is 13.2 Å². The minimum Gasteiger partial charge on any atom is -1.00 e. The maximum atomic E-state index is 11.7. The SMILES string of the molecule is CCCCCCCCCCCCOS(=O)(=O)OS(=O)(=O)OCCCCCCCCCCCC.[H-].[H-].[K+].[Na+]. The van der Waals surface area contributed by atoms with Crippen LogP contribution in [0.5, 0.6) is 0 Å². The van der Waals surface area contributed by atoms with E-state index in [0.29, 0.717) is 12.8 Å². The molecule has 0 N–H and O–H groups in total. The normalized spacial score (nSPS) is 11.7. The molecule has 11 heteroatoms. The van der Waals surface area contributed by atoms with Gasteiger partial charge >= 0.3 is 102 Å². The van der Waals surface area contributed by atoms with Crippen LogP contribution >= 0.6 is 0 Å². The van der Waals surface area contributed by atoms with Crippen molar-refractivity contribution in [3.8, 4) is 0 Å². The number of hydrogen-bond donors (Lipinski definition) is 0. The molecule has 0 bridgehead atoms. The summed E-state index contributed by atoms with van der Waals surface area (Å²) < 4.78 is 60.2. The first-order chi connectivity index (χ1) is 15.8. The van der Waals surface area contributed by atoms with Gasteiger partial charge in [-0.2, -0.15) is 16.8 Å². The summed E-state index contributed by atoms with van der Waals surface area (Å²) in [6, 6.07) is 0. The molecule has 0 heterocycles. The van der Waals surface area contributed by atoms with Gasteiger partial charge in [-0.25, -0.2) is 8.37 Å². The maximum absolute atomic E-state index is 11.7. The summed E-state index contributed by atoms with van der Waals surface area (Å²) in [5.41, 5.74) is 0. The van der Waals surface area contributed by atoms with Crippen LogP contribution in [-0.2, 0) is 32.8 Å². The van der Waals surface area contributed by atoms with Crippen molar-refractivity contribution >= 4 is 20.8 Å². The van der Waals surface area contributed by atoms with E-state index in [-0.39, 0.29) is 97.0 Å². The second kappa shape index (κ2) is 29.4. The van der Waals surface area contributed by atoms with Crippen LogP contribution in [0.3, 0.4) is 0 Å². The molecule has 0 aliphatic carbocycles. The van der Waals surface area contributed by atoms with Crippen molar-refractivity contribution in [2.45, 2.75) is 142 Å². The van der Waals surface area contributed by atoms with Gasteiger partial charge in [-0.15, -0.1) is 3.63 Å². The van der Waals surface area contributed by atoms with Crippen LogP contribution in [0.1, 0.15) is 145 Å². The van der Waals surface area contributed by atoms with Crippen molar-refractivity contribution in [1.82, 2.24) is 0 Å². The summed E-state index contributed by atoms with van der Waals surface area (Å²) in [6.07, 6.45) is 22.2. The Morgan fingerprint density at radius 1 is 0.457 bits per heavy atom. The van der Waals surface area contributed by atoms with Crippen LogP contribution in [0.15, 0.2) is 0 Å². The first-order valence-corrected chi connectivity index (χ1v) is 16.0. The molecule has 0 aromatic carbocycles. The van der Waals surface area contributed by atoms with Crippen LogP contribution in [0.4, 0.5) is 0 Å². The molecule has 204 valence electrons. The quantitative estimate of drug-likeness (QED) is 0.114. The molecule has 0 spiro atoms. The molecule has 0 aliphatic rings. The van der Waals surface area contributed by atoms with Gasteiger partial charge in [0.15, 0.2) is 0 Å². The third-order valence-corrected chi connectivity index (χ3v) is 7.86. The topological polar surface area (TPSA) is 96.0 Å². The van der Waals surface area contributed by atoms with Gasteiger partial charge in [0.1, 0.15) is 0 Å². The predicted molar refractivity (Wildman–Crippen MR) is 137 cm³/mol. The van der Waals surface area contributed by atoms with E-state index in [1.807, 2.05) is 0 Å². The summed E-state index contributed by atoms with van der Waals surface area (Å²) in [6.45, 7) is 4.23. The molecule has 0 saturated heterocycles. The van der Waals surface area contributed by atoms with Crippen molar-refractivity contribution < 1.29 is 113 Å². The Kier molecular flexibility index (Phi) is 35.2. The fraction of sp³-hybridized carbons (Fsp3) is 1.00. The Morgan fingerprint density at radius 2 is 0.686 bits per heavy atom. The predicted octanol–water partition coefficient (Wildman–Crippen LogP) is 1.60. The fourth-order valence-corrected chi connectivity index (χ4v) is 5.42. The Balaban J connectivity index is -0.000000853. The van der Waals surface area contributed by atoms with Crippen molar-refractivity contribution in [2.24, 2.45) is 0 Å². The van der Waals surface area contributed by atoms with Crippen molar-refractivity contribution in [1.29, 1.82) is 0 Å². The van der Waals surface area contributed by atoms with Gasteiger partial charge in [-0.3, -0.25) is 0 Å². The number of hydrogen-bond acceptors (Lipinski definition) is 7. The molecule has 0 amide bonds. The molecule has 0 saturated carbocycles. The average Bonchev–Trinajstić information content (AvgIpc) is 2.75. The minimum atomic E-state index is -4.63. The fourth-order valence-electron chi connectivity index (χ4n) is 3.64. The van der Waals surface area contributed by atoms with E-state index in [2.05, 4.69) is 25.8 Å². The van der Waals surface area contributed by atoms with E-state index in [4.69, 9.17) is 0 Å². The first kappa shape index (κ1) is 41.9. The summed E-state index contributed by atoms with van der Waals surface area (Å²) in [5.74, 6) is 0. The second-order valence-electron chi connectivity index (χ2n) is 8.89. The molecule has 0 radical (unpaired) electrons. The summed E-state index contributed by atoms with van der Waals surface area (Å²) in [7, 11) is -9.25. The standard InChI is InChI=1S/C24H50O7S2.K.Na.2H/c1-3-5-7-9-11-13-15-17-19-21-23-29-32(25,26)31-33(27,28)30-24-22-20-18-16-14-12-10-8-6-4-2;;;;/h3-24H2,1-2H3;;;;/q;2*+1;2*-1. The molecule has 0 aromatic heterocycles. The smallest absolute Gasteiger partial charge is 1.00 e. The zero-order valence-corrected chi connectivity index (χ0v) is 30.0. The zero-order valence-electron chi connectivity index (χ0n) is 25.2. The summed E-state index contributed by atoms with van der Waals surface area (Å²) in [5, 5.41) is 0. The van der Waals surface area contributed by atoms with Crippen LogP contribution in [0.25, 0.3) is 0 Å². The molecule has 7 nitrogen and oxygen atoms in total.